The third-order valence-corrected chi connectivity index (χ3v) is 2.72. The van der Waals surface area contributed by atoms with E-state index in [1.54, 1.807) is 25.2 Å². The summed E-state index contributed by atoms with van der Waals surface area (Å²) in [5.41, 5.74) is 0.615. The maximum atomic E-state index is 11.9. The summed E-state index contributed by atoms with van der Waals surface area (Å²) < 4.78 is 0. The van der Waals surface area contributed by atoms with Gasteiger partial charge >= 0.3 is 0 Å². The Morgan fingerprint density at radius 3 is 2.57 bits per heavy atom. The van der Waals surface area contributed by atoms with E-state index in [0.29, 0.717) is 0 Å². The fourth-order valence-electron chi connectivity index (χ4n) is 1.78. The lowest BCUT2D eigenvalue weighted by Gasteiger charge is -2.18. The van der Waals surface area contributed by atoms with Gasteiger partial charge in [0.05, 0.1) is 11.1 Å². The molecule has 1 heterocycles. The molecule has 0 radical (unpaired) electrons. The molecule has 14 heavy (non-hydrogen) atoms. The van der Waals surface area contributed by atoms with E-state index in [1.807, 2.05) is 18.2 Å². The van der Waals surface area contributed by atoms with Crippen LogP contribution in [0.5, 0.6) is 0 Å². The molecule has 1 aromatic rings. The van der Waals surface area contributed by atoms with Crippen LogP contribution in [0.25, 0.3) is 0 Å². The van der Waals surface area contributed by atoms with E-state index in [-0.39, 0.29) is 11.3 Å². The summed E-state index contributed by atoms with van der Waals surface area (Å²) >= 11 is 0. The zero-order valence-corrected chi connectivity index (χ0v) is 8.53. The molecular weight excluding hydrogens is 176 g/mol. The van der Waals surface area contributed by atoms with Crippen molar-refractivity contribution in [1.82, 2.24) is 9.88 Å². The van der Waals surface area contributed by atoms with E-state index in [9.17, 15) is 4.79 Å². The molecule has 3 nitrogen and oxygen atoms in total. The van der Waals surface area contributed by atoms with E-state index in [2.05, 4.69) is 4.98 Å². The second-order valence-corrected chi connectivity index (χ2v) is 4.00. The first-order valence-corrected chi connectivity index (χ1v) is 4.80. The van der Waals surface area contributed by atoms with Crippen LogP contribution < -0.4 is 0 Å². The topological polar surface area (TPSA) is 33.2 Å². The van der Waals surface area contributed by atoms with E-state index in [1.165, 1.54) is 0 Å². The Hall–Kier alpha value is -1.38. The highest BCUT2D eigenvalue weighted by Crippen LogP contribution is 2.48. The molecular formula is C11H14N2O. The molecule has 3 heteroatoms. The number of rotatable bonds is 2. The number of carbonyl (C=O) groups excluding carboxylic acids is 1. The largest absolute Gasteiger partial charge is 0.348 e. The molecule has 0 N–H and O–H groups in total. The van der Waals surface area contributed by atoms with Gasteiger partial charge in [0.25, 0.3) is 0 Å². The van der Waals surface area contributed by atoms with Crippen molar-refractivity contribution in [3.8, 4) is 0 Å². The van der Waals surface area contributed by atoms with Crippen molar-refractivity contribution in [3.63, 3.8) is 0 Å². The zero-order valence-electron chi connectivity index (χ0n) is 8.53. The first-order valence-electron chi connectivity index (χ1n) is 4.80. The first kappa shape index (κ1) is 9.19. The predicted octanol–water partition coefficient (Wildman–Crippen LogP) is 1.20. The summed E-state index contributed by atoms with van der Waals surface area (Å²) in [6.45, 7) is 0. The van der Waals surface area contributed by atoms with Crippen LogP contribution in [-0.2, 0) is 10.2 Å². The van der Waals surface area contributed by atoms with Gasteiger partial charge in [-0.3, -0.25) is 9.78 Å². The number of hydrogen-bond acceptors (Lipinski definition) is 2. The lowest BCUT2D eigenvalue weighted by Crippen LogP contribution is -2.34. The monoisotopic (exact) mass is 190 g/mol. The lowest BCUT2D eigenvalue weighted by molar-refractivity contribution is -0.131. The summed E-state index contributed by atoms with van der Waals surface area (Å²) in [6, 6.07) is 5.75. The van der Waals surface area contributed by atoms with Crippen molar-refractivity contribution in [2.75, 3.05) is 14.1 Å². The average Bonchev–Trinajstić information content (AvgIpc) is 2.99. The lowest BCUT2D eigenvalue weighted by atomic mass is 10.0. The summed E-state index contributed by atoms with van der Waals surface area (Å²) in [6.07, 6.45) is 3.61. The van der Waals surface area contributed by atoms with Crippen LogP contribution in [0.2, 0.25) is 0 Å². The van der Waals surface area contributed by atoms with E-state index in [0.717, 1.165) is 18.5 Å². The summed E-state index contributed by atoms with van der Waals surface area (Å²) in [5, 5.41) is 0. The number of pyridine rings is 1. The van der Waals surface area contributed by atoms with E-state index in [4.69, 9.17) is 0 Å². The molecule has 0 unspecified atom stereocenters. The minimum Gasteiger partial charge on any atom is -0.348 e. The van der Waals surface area contributed by atoms with Crippen LogP contribution in [0.3, 0.4) is 0 Å². The fourth-order valence-corrected chi connectivity index (χ4v) is 1.78. The molecule has 1 amide bonds. The molecule has 0 aromatic carbocycles. The number of hydrogen-bond donors (Lipinski definition) is 0. The molecule has 74 valence electrons. The predicted molar refractivity (Wildman–Crippen MR) is 53.8 cm³/mol. The van der Waals surface area contributed by atoms with Gasteiger partial charge in [0, 0.05) is 20.3 Å². The SMILES string of the molecule is CN(C)C(=O)C1(c2ccccn2)CC1. The molecule has 0 bridgehead atoms. The van der Waals surface area contributed by atoms with Gasteiger partial charge in [-0.15, -0.1) is 0 Å². The van der Waals surface area contributed by atoms with Crippen molar-refractivity contribution < 1.29 is 4.79 Å². The van der Waals surface area contributed by atoms with Gasteiger partial charge < -0.3 is 4.90 Å². The fraction of sp³-hybridized carbons (Fsp3) is 0.455. The quantitative estimate of drug-likeness (QED) is 0.702. The summed E-state index contributed by atoms with van der Waals surface area (Å²) in [5.74, 6) is 0.177. The number of amides is 1. The third-order valence-electron chi connectivity index (χ3n) is 2.72. The van der Waals surface area contributed by atoms with Gasteiger partial charge in [-0.2, -0.15) is 0 Å². The van der Waals surface area contributed by atoms with Crippen LogP contribution in [-0.4, -0.2) is 29.9 Å². The van der Waals surface area contributed by atoms with Gasteiger partial charge in [-0.25, -0.2) is 0 Å². The minimum atomic E-state index is -0.301. The molecule has 2 rings (SSSR count). The van der Waals surface area contributed by atoms with E-state index < -0.39 is 0 Å². The second kappa shape index (κ2) is 3.08. The first-order chi connectivity index (χ1) is 6.67. The molecule has 0 aliphatic heterocycles. The van der Waals surface area contributed by atoms with Crippen molar-refractivity contribution in [3.05, 3.63) is 30.1 Å². The molecule has 0 atom stereocenters. The normalized spacial score (nSPS) is 17.6. The Morgan fingerprint density at radius 2 is 2.14 bits per heavy atom. The highest BCUT2D eigenvalue weighted by molar-refractivity contribution is 5.90. The Balaban J connectivity index is 2.30. The molecule has 0 spiro atoms. The van der Waals surface area contributed by atoms with Crippen molar-refractivity contribution in [1.29, 1.82) is 0 Å². The number of nitrogens with zero attached hydrogens (tertiary/aromatic N) is 2. The van der Waals surface area contributed by atoms with Crippen LogP contribution in [0, 0.1) is 0 Å². The second-order valence-electron chi connectivity index (χ2n) is 4.00. The van der Waals surface area contributed by atoms with Crippen molar-refractivity contribution in [2.24, 2.45) is 0 Å². The van der Waals surface area contributed by atoms with Gasteiger partial charge in [-0.1, -0.05) is 6.07 Å². The highest BCUT2D eigenvalue weighted by Gasteiger charge is 2.53. The van der Waals surface area contributed by atoms with Crippen LogP contribution in [0.15, 0.2) is 24.4 Å². The molecule has 1 aromatic heterocycles. The average molecular weight is 190 g/mol. The number of likely N-dealkylation sites (N-methyl/N-ethyl adjacent to an activating group) is 1. The molecule has 0 saturated heterocycles. The number of aromatic nitrogens is 1. The minimum absolute atomic E-state index is 0.177. The van der Waals surface area contributed by atoms with Crippen LogP contribution in [0.1, 0.15) is 18.5 Å². The Bertz CT molecular complexity index is 342. The standard InChI is InChI=1S/C11H14N2O/c1-13(2)10(14)11(6-7-11)9-5-3-4-8-12-9/h3-5,8H,6-7H2,1-2H3. The van der Waals surface area contributed by atoms with Gasteiger partial charge in [0.1, 0.15) is 0 Å². The number of carbonyl (C=O) groups is 1. The molecule has 1 aliphatic carbocycles. The third kappa shape index (κ3) is 1.29. The molecule has 1 fully saturated rings. The van der Waals surface area contributed by atoms with Gasteiger partial charge in [0.2, 0.25) is 5.91 Å². The highest BCUT2D eigenvalue weighted by atomic mass is 16.2. The van der Waals surface area contributed by atoms with Crippen LogP contribution >= 0.6 is 0 Å². The smallest absolute Gasteiger partial charge is 0.234 e. The maximum absolute atomic E-state index is 11.9. The molecule has 1 aliphatic rings. The van der Waals surface area contributed by atoms with E-state index >= 15 is 0 Å². The Kier molecular flexibility index (Phi) is 2.02. The van der Waals surface area contributed by atoms with Crippen LogP contribution in [0.4, 0.5) is 0 Å². The van der Waals surface area contributed by atoms with Crippen molar-refractivity contribution >= 4 is 5.91 Å². The van der Waals surface area contributed by atoms with Gasteiger partial charge in [0.15, 0.2) is 0 Å². The maximum Gasteiger partial charge on any atom is 0.234 e. The van der Waals surface area contributed by atoms with Gasteiger partial charge in [-0.05, 0) is 25.0 Å². The summed E-state index contributed by atoms with van der Waals surface area (Å²) in [7, 11) is 3.59. The summed E-state index contributed by atoms with van der Waals surface area (Å²) in [4.78, 5) is 17.8. The molecule has 1 saturated carbocycles. The Morgan fingerprint density at radius 1 is 1.43 bits per heavy atom. The van der Waals surface area contributed by atoms with Crippen molar-refractivity contribution in [2.45, 2.75) is 18.3 Å². The Labute approximate surface area is 83.8 Å². The zero-order chi connectivity index (χ0) is 10.2.